The van der Waals surface area contributed by atoms with E-state index < -0.39 is 37.8 Å². The minimum Gasteiger partial charge on any atom is -0.492 e. The molecule has 1 N–H and O–H groups in total. The van der Waals surface area contributed by atoms with Crippen molar-refractivity contribution in [1.29, 1.82) is 0 Å². The van der Waals surface area contributed by atoms with Gasteiger partial charge in [-0.05, 0) is 67.8 Å². The number of halogens is 1. The first-order chi connectivity index (χ1) is 17.0. The first kappa shape index (κ1) is 27.9. The average Bonchev–Trinajstić information content (AvgIpc) is 2.86. The van der Waals surface area contributed by atoms with Crippen molar-refractivity contribution in [2.45, 2.75) is 43.5 Å². The molecule has 0 aromatic heterocycles. The maximum Gasteiger partial charge on any atom is 0.244 e. The first-order valence-electron chi connectivity index (χ1n) is 11.8. The topological polar surface area (TPSA) is 113 Å². The number of carbonyl (C=O) groups excluding carboxylic acids is 1. The maximum atomic E-state index is 13.3. The number of hydrogen-bond donors (Lipinski definition) is 1. The molecule has 0 unspecified atom stereocenters. The number of benzene rings is 2. The predicted octanol–water partition coefficient (Wildman–Crippen LogP) is 2.74. The number of carbonyl (C=O) groups is 1. The summed E-state index contributed by atoms with van der Waals surface area (Å²) in [6, 6.07) is 9.99. The number of ether oxygens (including phenoxy) is 1. The van der Waals surface area contributed by atoms with E-state index in [2.05, 4.69) is 5.32 Å². The molecule has 2 aromatic rings. The lowest BCUT2D eigenvalue weighted by Crippen LogP contribution is -2.50. The fraction of sp³-hybridized carbons (Fsp3) is 0.458. The Morgan fingerprint density at radius 2 is 1.64 bits per heavy atom. The van der Waals surface area contributed by atoms with Gasteiger partial charge in [0, 0.05) is 13.1 Å². The van der Waals surface area contributed by atoms with E-state index >= 15 is 0 Å². The van der Waals surface area contributed by atoms with E-state index in [9.17, 15) is 26.0 Å². The summed E-state index contributed by atoms with van der Waals surface area (Å²) in [5, 5.41) is 2.67. The van der Waals surface area contributed by atoms with Gasteiger partial charge in [0.15, 0.2) is 0 Å². The van der Waals surface area contributed by atoms with Crippen molar-refractivity contribution >= 4 is 31.6 Å². The van der Waals surface area contributed by atoms with Gasteiger partial charge in [-0.25, -0.2) is 21.2 Å². The average molecular weight is 542 g/mol. The Hall–Kier alpha value is -2.70. The number of hydrogen-bond acceptors (Lipinski definition) is 6. The fourth-order valence-corrected chi connectivity index (χ4v) is 6.80. The van der Waals surface area contributed by atoms with Gasteiger partial charge in [-0.2, -0.15) is 4.31 Å². The highest BCUT2D eigenvalue weighted by molar-refractivity contribution is 7.92. The van der Waals surface area contributed by atoms with Crippen LogP contribution in [0.1, 0.15) is 32.6 Å². The van der Waals surface area contributed by atoms with Crippen LogP contribution in [0.15, 0.2) is 53.4 Å². The van der Waals surface area contributed by atoms with Crippen molar-refractivity contribution in [2.75, 3.05) is 36.8 Å². The lowest BCUT2D eigenvalue weighted by Gasteiger charge is -2.30. The number of nitrogens with zero attached hydrogens (tertiary/aromatic N) is 2. The number of rotatable bonds is 11. The molecular weight excluding hydrogens is 509 g/mol. The molecule has 36 heavy (non-hydrogen) atoms. The fourth-order valence-electron chi connectivity index (χ4n) is 4.07. The molecule has 0 saturated carbocycles. The van der Waals surface area contributed by atoms with E-state index in [1.54, 1.807) is 19.1 Å². The number of piperidine rings is 1. The molecule has 0 bridgehead atoms. The van der Waals surface area contributed by atoms with Crippen LogP contribution >= 0.6 is 0 Å². The van der Waals surface area contributed by atoms with Crippen molar-refractivity contribution < 1.29 is 30.8 Å². The van der Waals surface area contributed by atoms with Crippen molar-refractivity contribution in [3.63, 3.8) is 0 Å². The smallest absolute Gasteiger partial charge is 0.244 e. The molecule has 2 aromatic carbocycles. The standard InChI is InChI=1S/C24H32FN3O6S2/c1-3-23(28(35(2,30)31)20-9-7-19(25)8-10-20)24(29)26-15-18-34-21-11-13-22(14-12-21)36(32,33)27-16-5-4-6-17-27/h7-14,23H,3-6,15-18H2,1-2H3,(H,26,29)/t23-/m0/s1. The largest absolute Gasteiger partial charge is 0.492 e. The van der Waals surface area contributed by atoms with E-state index in [4.69, 9.17) is 4.74 Å². The molecule has 198 valence electrons. The summed E-state index contributed by atoms with van der Waals surface area (Å²) < 4.78 is 71.7. The number of anilines is 1. The summed E-state index contributed by atoms with van der Waals surface area (Å²) in [6.45, 7) is 2.93. The third-order valence-corrected chi connectivity index (χ3v) is 8.95. The summed E-state index contributed by atoms with van der Waals surface area (Å²) in [5.74, 6) is -0.587. The Balaban J connectivity index is 1.56. The van der Waals surface area contributed by atoms with Crippen molar-refractivity contribution in [3.8, 4) is 5.75 Å². The summed E-state index contributed by atoms with van der Waals surface area (Å²) in [7, 11) is -7.35. The van der Waals surface area contributed by atoms with Crippen LogP contribution in [0, 0.1) is 5.82 Å². The predicted molar refractivity (Wildman–Crippen MR) is 135 cm³/mol. The zero-order valence-electron chi connectivity index (χ0n) is 20.4. The molecule has 1 aliphatic heterocycles. The van der Waals surface area contributed by atoms with Crippen LogP contribution in [0.4, 0.5) is 10.1 Å². The SMILES string of the molecule is CC[C@@H](C(=O)NCCOc1ccc(S(=O)(=O)N2CCCCC2)cc1)N(c1ccc(F)cc1)S(C)(=O)=O. The zero-order valence-corrected chi connectivity index (χ0v) is 22.0. The maximum absolute atomic E-state index is 13.3. The Labute approximate surface area is 212 Å². The molecule has 9 nitrogen and oxygen atoms in total. The number of nitrogens with one attached hydrogen (secondary N) is 1. The van der Waals surface area contributed by atoms with Crippen molar-refractivity contribution in [2.24, 2.45) is 0 Å². The highest BCUT2D eigenvalue weighted by Crippen LogP contribution is 2.24. The van der Waals surface area contributed by atoms with Gasteiger partial charge in [0.25, 0.3) is 0 Å². The molecule has 12 heteroatoms. The van der Waals surface area contributed by atoms with Gasteiger partial charge in [0.05, 0.1) is 23.4 Å². The number of sulfonamides is 2. The number of amides is 1. The lowest BCUT2D eigenvalue weighted by atomic mass is 10.2. The normalized spacial score (nSPS) is 15.8. The van der Waals surface area contributed by atoms with Gasteiger partial charge < -0.3 is 10.1 Å². The third kappa shape index (κ3) is 6.95. The van der Waals surface area contributed by atoms with Gasteiger partial charge in [-0.1, -0.05) is 13.3 Å². The van der Waals surface area contributed by atoms with Crippen molar-refractivity contribution in [3.05, 3.63) is 54.3 Å². The summed E-state index contributed by atoms with van der Waals surface area (Å²) in [5.41, 5.74) is 0.191. The Morgan fingerprint density at radius 3 is 2.19 bits per heavy atom. The van der Waals surface area contributed by atoms with Crippen LogP contribution in [0.3, 0.4) is 0 Å². The molecule has 3 rings (SSSR count). The van der Waals surface area contributed by atoms with E-state index in [-0.39, 0.29) is 30.2 Å². The highest BCUT2D eigenvalue weighted by atomic mass is 32.2. The second kappa shape index (κ2) is 12.0. The lowest BCUT2D eigenvalue weighted by molar-refractivity contribution is -0.122. The molecule has 0 radical (unpaired) electrons. The molecule has 1 fully saturated rings. The van der Waals surface area contributed by atoms with Gasteiger partial charge in [0.1, 0.15) is 24.2 Å². The molecule has 1 amide bonds. The molecule has 1 atom stereocenters. The summed E-state index contributed by atoms with van der Waals surface area (Å²) in [4.78, 5) is 13.0. The summed E-state index contributed by atoms with van der Waals surface area (Å²) in [6.07, 6.45) is 3.94. The summed E-state index contributed by atoms with van der Waals surface area (Å²) >= 11 is 0. The van der Waals surface area contributed by atoms with E-state index in [0.717, 1.165) is 42.0 Å². The van der Waals surface area contributed by atoms with E-state index in [0.29, 0.717) is 18.8 Å². The Bertz CT molecular complexity index is 1230. The van der Waals surface area contributed by atoms with Crippen LogP contribution in [0.25, 0.3) is 0 Å². The minimum absolute atomic E-state index is 0.0931. The van der Waals surface area contributed by atoms with E-state index in [1.165, 1.54) is 28.6 Å². The highest BCUT2D eigenvalue weighted by Gasteiger charge is 2.31. The van der Waals surface area contributed by atoms with Gasteiger partial charge in [0.2, 0.25) is 26.0 Å². The zero-order chi connectivity index (χ0) is 26.3. The van der Waals surface area contributed by atoms with Crippen LogP contribution in [-0.2, 0) is 24.8 Å². The Morgan fingerprint density at radius 1 is 1.03 bits per heavy atom. The minimum atomic E-state index is -3.82. The molecular formula is C24H32FN3O6S2. The van der Waals surface area contributed by atoms with E-state index in [1.807, 2.05) is 0 Å². The van der Waals surface area contributed by atoms with Crippen LogP contribution in [-0.4, -0.2) is 65.6 Å². The van der Waals surface area contributed by atoms with Crippen LogP contribution < -0.4 is 14.4 Å². The molecule has 0 aliphatic carbocycles. The Kier molecular flexibility index (Phi) is 9.31. The van der Waals surface area contributed by atoms with Crippen molar-refractivity contribution in [1.82, 2.24) is 9.62 Å². The second-order valence-corrected chi connectivity index (χ2v) is 12.3. The van der Waals surface area contributed by atoms with Crippen LogP contribution in [0.5, 0.6) is 5.75 Å². The molecule has 0 spiro atoms. The third-order valence-electron chi connectivity index (χ3n) is 5.86. The van der Waals surface area contributed by atoms with Gasteiger partial charge in [-0.15, -0.1) is 0 Å². The first-order valence-corrected chi connectivity index (χ1v) is 15.1. The monoisotopic (exact) mass is 541 g/mol. The molecule has 1 aliphatic rings. The van der Waals surface area contributed by atoms with Gasteiger partial charge >= 0.3 is 0 Å². The second-order valence-electron chi connectivity index (χ2n) is 8.53. The van der Waals surface area contributed by atoms with Crippen LogP contribution in [0.2, 0.25) is 0 Å². The van der Waals surface area contributed by atoms with Gasteiger partial charge in [-0.3, -0.25) is 9.10 Å². The molecule has 1 saturated heterocycles. The molecule has 1 heterocycles. The quantitative estimate of drug-likeness (QED) is 0.438.